The zero-order valence-corrected chi connectivity index (χ0v) is 14.9. The highest BCUT2D eigenvalue weighted by Gasteiger charge is 2.30. The van der Waals surface area contributed by atoms with Crippen molar-refractivity contribution in [2.45, 2.75) is 38.1 Å². The molecule has 1 aromatic rings. The number of carbonyl (C=O) groups excluding carboxylic acids is 2. The predicted molar refractivity (Wildman–Crippen MR) is 93.2 cm³/mol. The lowest BCUT2D eigenvalue weighted by molar-refractivity contribution is -0.140. The van der Waals surface area contributed by atoms with Gasteiger partial charge in [-0.2, -0.15) is 13.2 Å². The maximum Gasteiger partial charge on any atom is 0.416 e. The highest BCUT2D eigenvalue weighted by molar-refractivity contribution is 5.86. The van der Waals surface area contributed by atoms with Gasteiger partial charge in [-0.25, -0.2) is 9.59 Å². The SMILES string of the molecule is C=CC(=O)NCCCC[C@H](NC(=O)OCc1cccc(C(F)(F)F)c1)C(=O)O. The van der Waals surface area contributed by atoms with Crippen LogP contribution in [0.4, 0.5) is 18.0 Å². The Morgan fingerprint density at radius 3 is 2.57 bits per heavy atom. The zero-order chi connectivity index (χ0) is 21.2. The van der Waals surface area contributed by atoms with Gasteiger partial charge in [0.25, 0.3) is 0 Å². The molecule has 7 nitrogen and oxygen atoms in total. The third-order valence-corrected chi connectivity index (χ3v) is 3.62. The fourth-order valence-electron chi connectivity index (χ4n) is 2.18. The standard InChI is InChI=1S/C18H21F3N2O5/c1-2-15(24)22-9-4-3-8-14(16(25)26)23-17(27)28-11-12-6-5-7-13(10-12)18(19,20)21/h2,5-7,10,14H,1,3-4,8-9,11H2,(H,22,24)(H,23,27)(H,25,26)/t14-/m0/s1. The number of hydrogen-bond acceptors (Lipinski definition) is 4. The lowest BCUT2D eigenvalue weighted by Crippen LogP contribution is -2.41. The average Bonchev–Trinajstić information content (AvgIpc) is 2.64. The quantitative estimate of drug-likeness (QED) is 0.412. The molecule has 0 unspecified atom stereocenters. The van der Waals surface area contributed by atoms with Crippen LogP contribution in [0.5, 0.6) is 0 Å². The molecule has 28 heavy (non-hydrogen) atoms. The number of carbonyl (C=O) groups is 3. The summed E-state index contributed by atoms with van der Waals surface area (Å²) < 4.78 is 42.8. The molecular formula is C18H21F3N2O5. The van der Waals surface area contributed by atoms with E-state index in [4.69, 9.17) is 9.84 Å². The van der Waals surface area contributed by atoms with Crippen molar-refractivity contribution in [1.29, 1.82) is 0 Å². The Kier molecular flexibility index (Phi) is 9.00. The number of carboxylic acid groups (broad SMARTS) is 1. The summed E-state index contributed by atoms with van der Waals surface area (Å²) >= 11 is 0. The van der Waals surface area contributed by atoms with E-state index in [0.29, 0.717) is 19.4 Å². The fourth-order valence-corrected chi connectivity index (χ4v) is 2.18. The third kappa shape index (κ3) is 8.56. The second-order valence-electron chi connectivity index (χ2n) is 5.80. The van der Waals surface area contributed by atoms with Crippen molar-refractivity contribution in [2.75, 3.05) is 6.54 Å². The first-order valence-electron chi connectivity index (χ1n) is 8.36. The van der Waals surface area contributed by atoms with E-state index in [0.717, 1.165) is 18.2 Å². The maximum atomic E-state index is 12.7. The predicted octanol–water partition coefficient (Wildman–Crippen LogP) is 2.86. The Hall–Kier alpha value is -3.04. The molecule has 0 aliphatic carbocycles. The van der Waals surface area contributed by atoms with Gasteiger partial charge in [-0.15, -0.1) is 0 Å². The minimum absolute atomic E-state index is 0.0952. The first kappa shape index (κ1) is 23.0. The van der Waals surface area contributed by atoms with Crippen LogP contribution in [0.25, 0.3) is 0 Å². The smallest absolute Gasteiger partial charge is 0.416 e. The number of alkyl carbamates (subject to hydrolysis) is 1. The molecule has 0 heterocycles. The lowest BCUT2D eigenvalue weighted by atomic mass is 10.1. The van der Waals surface area contributed by atoms with Gasteiger partial charge in [0.1, 0.15) is 12.6 Å². The van der Waals surface area contributed by atoms with Gasteiger partial charge in [-0.1, -0.05) is 18.7 Å². The molecule has 154 valence electrons. The minimum Gasteiger partial charge on any atom is -0.480 e. The first-order chi connectivity index (χ1) is 13.1. The Morgan fingerprint density at radius 1 is 1.25 bits per heavy atom. The molecule has 0 saturated carbocycles. The second kappa shape index (κ2) is 11.0. The monoisotopic (exact) mass is 402 g/mol. The molecule has 0 aliphatic rings. The molecular weight excluding hydrogens is 381 g/mol. The lowest BCUT2D eigenvalue weighted by Gasteiger charge is -2.15. The maximum absolute atomic E-state index is 12.7. The second-order valence-corrected chi connectivity index (χ2v) is 5.80. The van der Waals surface area contributed by atoms with Crippen molar-refractivity contribution in [2.24, 2.45) is 0 Å². The molecule has 0 radical (unpaired) electrons. The summed E-state index contributed by atoms with van der Waals surface area (Å²) in [4.78, 5) is 33.9. The van der Waals surface area contributed by atoms with Gasteiger partial charge in [0.2, 0.25) is 5.91 Å². The van der Waals surface area contributed by atoms with Crippen molar-refractivity contribution in [3.05, 3.63) is 48.0 Å². The van der Waals surface area contributed by atoms with Crippen LogP contribution < -0.4 is 10.6 Å². The molecule has 1 rings (SSSR count). The minimum atomic E-state index is -4.52. The van der Waals surface area contributed by atoms with Crippen LogP contribution in [0.2, 0.25) is 0 Å². The molecule has 2 amide bonds. The largest absolute Gasteiger partial charge is 0.480 e. The topological polar surface area (TPSA) is 105 Å². The summed E-state index contributed by atoms with van der Waals surface area (Å²) in [6.07, 6.45) is -3.46. The van der Waals surface area contributed by atoms with E-state index < -0.39 is 36.5 Å². The molecule has 0 bridgehead atoms. The fraction of sp³-hybridized carbons (Fsp3) is 0.389. The summed E-state index contributed by atoms with van der Waals surface area (Å²) in [6, 6.07) is 3.06. The molecule has 0 aliphatic heterocycles. The van der Waals surface area contributed by atoms with Crippen LogP contribution >= 0.6 is 0 Å². The molecule has 3 N–H and O–H groups in total. The van der Waals surface area contributed by atoms with E-state index in [1.54, 1.807) is 0 Å². The van der Waals surface area contributed by atoms with Crippen molar-refractivity contribution >= 4 is 18.0 Å². The number of aliphatic carboxylic acids is 1. The summed E-state index contributed by atoms with van der Waals surface area (Å²) in [5.41, 5.74) is -0.754. The Balaban J connectivity index is 2.44. The molecule has 0 fully saturated rings. The van der Waals surface area contributed by atoms with E-state index in [1.807, 2.05) is 0 Å². The van der Waals surface area contributed by atoms with E-state index in [9.17, 15) is 27.6 Å². The van der Waals surface area contributed by atoms with E-state index in [2.05, 4.69) is 17.2 Å². The molecule has 1 aromatic carbocycles. The first-order valence-corrected chi connectivity index (χ1v) is 8.36. The number of carboxylic acids is 1. The summed E-state index contributed by atoms with van der Waals surface area (Å²) in [7, 11) is 0. The van der Waals surface area contributed by atoms with Crippen LogP contribution in [-0.4, -0.2) is 35.7 Å². The van der Waals surface area contributed by atoms with Gasteiger partial charge in [0.05, 0.1) is 5.56 Å². The number of benzene rings is 1. The Labute approximate surface area is 159 Å². The molecule has 0 saturated heterocycles. The summed E-state index contributed by atoms with van der Waals surface area (Å²) in [5.74, 6) is -1.61. The Bertz CT molecular complexity index is 707. The van der Waals surface area contributed by atoms with Crippen molar-refractivity contribution in [3.8, 4) is 0 Å². The highest BCUT2D eigenvalue weighted by Crippen LogP contribution is 2.29. The third-order valence-electron chi connectivity index (χ3n) is 3.62. The number of alkyl halides is 3. The molecule has 0 aromatic heterocycles. The van der Waals surface area contributed by atoms with E-state index >= 15 is 0 Å². The van der Waals surface area contributed by atoms with Gasteiger partial charge in [-0.3, -0.25) is 4.79 Å². The normalized spacial score (nSPS) is 12.0. The Morgan fingerprint density at radius 2 is 1.96 bits per heavy atom. The number of nitrogens with one attached hydrogen (secondary N) is 2. The molecule has 1 atom stereocenters. The number of unbranched alkanes of at least 4 members (excludes halogenated alkanes) is 1. The number of ether oxygens (including phenoxy) is 1. The van der Waals surface area contributed by atoms with Crippen LogP contribution in [0.1, 0.15) is 30.4 Å². The number of rotatable bonds is 10. The molecule has 0 spiro atoms. The van der Waals surface area contributed by atoms with Crippen molar-refractivity contribution < 1.29 is 37.4 Å². The summed E-state index contributed by atoms with van der Waals surface area (Å²) in [5, 5.41) is 13.8. The van der Waals surface area contributed by atoms with Gasteiger partial charge < -0.3 is 20.5 Å². The van der Waals surface area contributed by atoms with Crippen LogP contribution in [0.3, 0.4) is 0 Å². The van der Waals surface area contributed by atoms with Gasteiger partial charge in [-0.05, 0) is 43.0 Å². The highest BCUT2D eigenvalue weighted by atomic mass is 19.4. The summed E-state index contributed by atoms with van der Waals surface area (Å²) in [6.45, 7) is 3.19. The number of halogens is 3. The van der Waals surface area contributed by atoms with E-state index in [1.165, 1.54) is 12.1 Å². The van der Waals surface area contributed by atoms with Gasteiger partial charge in [0.15, 0.2) is 0 Å². The van der Waals surface area contributed by atoms with Crippen LogP contribution in [-0.2, 0) is 27.1 Å². The average molecular weight is 402 g/mol. The van der Waals surface area contributed by atoms with Crippen LogP contribution in [0.15, 0.2) is 36.9 Å². The van der Waals surface area contributed by atoms with E-state index in [-0.39, 0.29) is 17.9 Å². The number of amides is 2. The van der Waals surface area contributed by atoms with Crippen molar-refractivity contribution in [1.82, 2.24) is 10.6 Å². The van der Waals surface area contributed by atoms with Gasteiger partial charge in [0, 0.05) is 6.54 Å². The van der Waals surface area contributed by atoms with Gasteiger partial charge >= 0.3 is 18.2 Å². The molecule has 10 heteroatoms. The number of hydrogen-bond donors (Lipinski definition) is 3. The zero-order valence-electron chi connectivity index (χ0n) is 14.9. The van der Waals surface area contributed by atoms with Crippen LogP contribution in [0, 0.1) is 0 Å². The van der Waals surface area contributed by atoms with Crippen molar-refractivity contribution in [3.63, 3.8) is 0 Å².